The van der Waals surface area contributed by atoms with Crippen molar-refractivity contribution >= 4 is 23.2 Å². The van der Waals surface area contributed by atoms with Crippen LogP contribution in [-0.4, -0.2) is 41.8 Å². The predicted molar refractivity (Wildman–Crippen MR) is 116 cm³/mol. The van der Waals surface area contributed by atoms with Gasteiger partial charge in [0.15, 0.2) is 0 Å². The van der Waals surface area contributed by atoms with Crippen molar-refractivity contribution in [2.24, 2.45) is 0 Å². The topological polar surface area (TPSA) is 105 Å². The molecule has 1 amide bonds. The minimum atomic E-state index is -0.460. The maximum Gasteiger partial charge on any atom is 0.254 e. The molecule has 0 saturated carbocycles. The van der Waals surface area contributed by atoms with Gasteiger partial charge in [-0.3, -0.25) is 19.1 Å². The number of halogens is 1. The summed E-state index contributed by atoms with van der Waals surface area (Å²) in [5, 5.41) is 3.02. The molecule has 0 aliphatic heterocycles. The van der Waals surface area contributed by atoms with Gasteiger partial charge in [0.1, 0.15) is 23.9 Å². The third-order valence-corrected chi connectivity index (χ3v) is 4.64. The summed E-state index contributed by atoms with van der Waals surface area (Å²) in [4.78, 5) is 34.0. The molecule has 0 saturated heterocycles. The summed E-state index contributed by atoms with van der Waals surface area (Å²) >= 11 is 6.16. The van der Waals surface area contributed by atoms with E-state index < -0.39 is 5.91 Å². The van der Waals surface area contributed by atoms with Crippen molar-refractivity contribution in [3.63, 3.8) is 0 Å². The zero-order valence-corrected chi connectivity index (χ0v) is 18.0. The zero-order chi connectivity index (χ0) is 22.4. The lowest BCUT2D eigenvalue weighted by atomic mass is 10.2. The molecule has 9 nitrogen and oxygen atoms in total. The van der Waals surface area contributed by atoms with Crippen molar-refractivity contribution in [1.29, 1.82) is 0 Å². The average molecular weight is 445 g/mol. The second kappa shape index (κ2) is 10.1. The van der Waals surface area contributed by atoms with Crippen molar-refractivity contribution in [3.8, 4) is 22.9 Å². The molecule has 0 bridgehead atoms. The Hall–Kier alpha value is -3.43. The molecular formula is C21H21ClN4O5. The van der Waals surface area contributed by atoms with E-state index in [9.17, 15) is 9.59 Å². The van der Waals surface area contributed by atoms with Gasteiger partial charge in [0, 0.05) is 37.2 Å². The Morgan fingerprint density at radius 3 is 2.45 bits per heavy atom. The van der Waals surface area contributed by atoms with Crippen LogP contribution in [0.25, 0.3) is 11.4 Å². The van der Waals surface area contributed by atoms with E-state index in [4.69, 9.17) is 25.8 Å². The van der Waals surface area contributed by atoms with Crippen molar-refractivity contribution < 1.29 is 19.0 Å². The van der Waals surface area contributed by atoms with Gasteiger partial charge in [0.05, 0.1) is 37.2 Å². The first-order valence-corrected chi connectivity index (χ1v) is 9.56. The lowest BCUT2D eigenvalue weighted by molar-refractivity contribution is -0.116. The maximum atomic E-state index is 12.8. The lowest BCUT2D eigenvalue weighted by Crippen LogP contribution is -2.30. The van der Waals surface area contributed by atoms with Crippen molar-refractivity contribution in [1.82, 2.24) is 14.5 Å². The first-order chi connectivity index (χ1) is 15.0. The number of carbonyl (C=O) groups is 1. The highest BCUT2D eigenvalue weighted by molar-refractivity contribution is 6.32. The number of ether oxygens (including phenoxy) is 3. The minimum Gasteiger partial charge on any atom is -0.495 e. The fourth-order valence-electron chi connectivity index (χ4n) is 2.94. The Morgan fingerprint density at radius 1 is 1.10 bits per heavy atom. The van der Waals surface area contributed by atoms with Crippen LogP contribution in [-0.2, 0) is 22.7 Å². The van der Waals surface area contributed by atoms with E-state index in [0.29, 0.717) is 39.3 Å². The third-order valence-electron chi connectivity index (χ3n) is 4.34. The molecule has 1 N–H and O–H groups in total. The molecule has 1 aromatic carbocycles. The van der Waals surface area contributed by atoms with Gasteiger partial charge < -0.3 is 19.5 Å². The van der Waals surface area contributed by atoms with Crippen molar-refractivity contribution in [3.05, 3.63) is 63.8 Å². The quantitative estimate of drug-likeness (QED) is 0.569. The first-order valence-electron chi connectivity index (χ1n) is 9.18. The van der Waals surface area contributed by atoms with Gasteiger partial charge in [-0.25, -0.2) is 4.98 Å². The SMILES string of the molecule is COCc1cc(=O)n(CC(=O)Nc2cc(Cl)c(OC)cc2OC)c(-c2ccncc2)n1. The monoisotopic (exact) mass is 444 g/mol. The number of rotatable bonds is 8. The number of nitrogens with one attached hydrogen (secondary N) is 1. The summed E-state index contributed by atoms with van der Waals surface area (Å²) in [7, 11) is 4.45. The molecule has 0 atom stereocenters. The number of aromatic nitrogens is 3. The molecule has 2 heterocycles. The zero-order valence-electron chi connectivity index (χ0n) is 17.2. The van der Waals surface area contributed by atoms with Crippen molar-refractivity contribution in [2.45, 2.75) is 13.2 Å². The number of methoxy groups -OCH3 is 3. The van der Waals surface area contributed by atoms with E-state index in [1.54, 1.807) is 30.6 Å². The number of hydrogen-bond donors (Lipinski definition) is 1. The van der Waals surface area contributed by atoms with Crippen LogP contribution in [0.1, 0.15) is 5.69 Å². The fourth-order valence-corrected chi connectivity index (χ4v) is 3.18. The molecule has 3 aromatic rings. The second-order valence-corrected chi connectivity index (χ2v) is 6.81. The van der Waals surface area contributed by atoms with Crippen LogP contribution in [0.3, 0.4) is 0 Å². The van der Waals surface area contributed by atoms with Gasteiger partial charge in [-0.1, -0.05) is 11.6 Å². The fraction of sp³-hybridized carbons (Fsp3) is 0.238. The third kappa shape index (κ3) is 5.19. The number of amides is 1. The number of anilines is 1. The van der Waals surface area contributed by atoms with Gasteiger partial charge in [0.25, 0.3) is 5.56 Å². The van der Waals surface area contributed by atoms with Crippen LogP contribution in [0, 0.1) is 0 Å². The average Bonchev–Trinajstić information content (AvgIpc) is 2.76. The molecule has 162 valence electrons. The molecule has 0 aliphatic carbocycles. The largest absolute Gasteiger partial charge is 0.495 e. The molecular weight excluding hydrogens is 424 g/mol. The van der Waals surface area contributed by atoms with Gasteiger partial charge in [-0.2, -0.15) is 0 Å². The highest BCUT2D eigenvalue weighted by Crippen LogP contribution is 2.35. The highest BCUT2D eigenvalue weighted by atomic mass is 35.5. The van der Waals surface area contributed by atoms with Crippen LogP contribution < -0.4 is 20.3 Å². The van der Waals surface area contributed by atoms with Crippen LogP contribution >= 0.6 is 11.6 Å². The Balaban J connectivity index is 1.95. The molecule has 0 unspecified atom stereocenters. The first kappa shape index (κ1) is 22.3. The molecule has 10 heteroatoms. The van der Waals surface area contributed by atoms with E-state index in [2.05, 4.69) is 15.3 Å². The Morgan fingerprint density at radius 2 is 1.81 bits per heavy atom. The summed E-state index contributed by atoms with van der Waals surface area (Å²) in [5.41, 5.74) is 1.06. The summed E-state index contributed by atoms with van der Waals surface area (Å²) in [6.07, 6.45) is 3.16. The summed E-state index contributed by atoms with van der Waals surface area (Å²) < 4.78 is 16.8. The summed E-state index contributed by atoms with van der Waals surface area (Å²) in [5.74, 6) is 0.644. The number of pyridine rings is 1. The minimum absolute atomic E-state index is 0.169. The van der Waals surface area contributed by atoms with E-state index in [-0.39, 0.29) is 18.7 Å². The standard InChI is InChI=1S/C21H21ClN4O5/c1-29-12-14-8-20(28)26(21(24-14)13-4-6-23-7-5-13)11-19(27)25-16-9-15(22)17(30-2)10-18(16)31-3/h4-10H,11-12H2,1-3H3,(H,25,27). The number of hydrogen-bond acceptors (Lipinski definition) is 7. The smallest absolute Gasteiger partial charge is 0.254 e. The summed E-state index contributed by atoms with van der Waals surface area (Å²) in [6, 6.07) is 7.83. The number of benzene rings is 1. The molecule has 2 aromatic heterocycles. The Kier molecular flexibility index (Phi) is 7.22. The van der Waals surface area contributed by atoms with Crippen LogP contribution in [0.5, 0.6) is 11.5 Å². The lowest BCUT2D eigenvalue weighted by Gasteiger charge is -2.15. The summed E-state index contributed by atoms with van der Waals surface area (Å²) in [6.45, 7) is -0.106. The predicted octanol–water partition coefficient (Wildman–Crippen LogP) is 2.76. The second-order valence-electron chi connectivity index (χ2n) is 6.40. The Bertz CT molecular complexity index is 1130. The van der Waals surface area contributed by atoms with Gasteiger partial charge in [0.2, 0.25) is 5.91 Å². The van der Waals surface area contributed by atoms with E-state index >= 15 is 0 Å². The van der Waals surface area contributed by atoms with E-state index in [0.717, 1.165) is 0 Å². The van der Waals surface area contributed by atoms with Gasteiger partial charge >= 0.3 is 0 Å². The van der Waals surface area contributed by atoms with Gasteiger partial charge in [-0.15, -0.1) is 0 Å². The molecule has 31 heavy (non-hydrogen) atoms. The normalized spacial score (nSPS) is 10.6. The van der Waals surface area contributed by atoms with E-state index in [1.165, 1.54) is 38.0 Å². The molecule has 0 radical (unpaired) electrons. The van der Waals surface area contributed by atoms with Crippen LogP contribution in [0.15, 0.2) is 47.5 Å². The number of carbonyl (C=O) groups excluding carboxylic acids is 1. The van der Waals surface area contributed by atoms with Crippen LogP contribution in [0.4, 0.5) is 5.69 Å². The molecule has 0 spiro atoms. The highest BCUT2D eigenvalue weighted by Gasteiger charge is 2.17. The Labute approximate surface area is 183 Å². The number of nitrogens with zero attached hydrogens (tertiary/aromatic N) is 3. The van der Waals surface area contributed by atoms with Gasteiger partial charge in [-0.05, 0) is 18.2 Å². The molecule has 0 fully saturated rings. The maximum absolute atomic E-state index is 12.8. The molecule has 0 aliphatic rings. The van der Waals surface area contributed by atoms with E-state index in [1.807, 2.05) is 0 Å². The van der Waals surface area contributed by atoms with Crippen molar-refractivity contribution in [2.75, 3.05) is 26.6 Å². The molecule has 3 rings (SSSR count). The van der Waals surface area contributed by atoms with Crippen LogP contribution in [0.2, 0.25) is 5.02 Å².